The van der Waals surface area contributed by atoms with Gasteiger partial charge in [-0.25, -0.2) is 30.4 Å². The van der Waals surface area contributed by atoms with E-state index in [9.17, 15) is 30.4 Å². The summed E-state index contributed by atoms with van der Waals surface area (Å²) in [6.45, 7) is 3.53. The highest BCUT2D eigenvalue weighted by Crippen LogP contribution is 2.31. The lowest BCUT2D eigenvalue weighted by Crippen LogP contribution is -2.41. The number of hydrogen-bond acceptors (Lipinski definition) is 4. The number of nitrogens with one attached hydrogen (secondary N) is 2. The molecule has 1 heterocycles. The number of unbranched alkanes of at least 4 members (excludes halogenated alkanes) is 1. The lowest BCUT2D eigenvalue weighted by Gasteiger charge is -2.31. The van der Waals surface area contributed by atoms with Crippen molar-refractivity contribution in [3.8, 4) is 0 Å². The van der Waals surface area contributed by atoms with Crippen LogP contribution in [0.2, 0.25) is 0 Å². The van der Waals surface area contributed by atoms with Crippen molar-refractivity contribution in [3.05, 3.63) is 29.1 Å². The topological polar surface area (TPSA) is 61.4 Å². The van der Waals surface area contributed by atoms with Crippen molar-refractivity contribution in [2.75, 3.05) is 39.3 Å². The van der Waals surface area contributed by atoms with Gasteiger partial charge in [0.2, 0.25) is 15.8 Å². The molecular weight excluding hydrogens is 513 g/mol. The van der Waals surface area contributed by atoms with Gasteiger partial charge in [-0.2, -0.15) is 4.31 Å². The maximum absolute atomic E-state index is 14.0. The molecular formula is C23H35ClF5N3O2S. The summed E-state index contributed by atoms with van der Waals surface area (Å²) in [6, 6.07) is 0. The van der Waals surface area contributed by atoms with Crippen molar-refractivity contribution < 1.29 is 30.4 Å². The Kier molecular flexibility index (Phi) is 12.1. The molecule has 0 unspecified atom stereocenters. The summed E-state index contributed by atoms with van der Waals surface area (Å²) in [5, 5.41) is 6.90. The van der Waals surface area contributed by atoms with Crippen LogP contribution in [-0.4, -0.2) is 52.0 Å². The number of piperidine rings is 1. The van der Waals surface area contributed by atoms with Crippen LogP contribution in [0.3, 0.4) is 0 Å². The van der Waals surface area contributed by atoms with E-state index >= 15 is 0 Å². The molecule has 1 saturated heterocycles. The minimum atomic E-state index is -4.85. The van der Waals surface area contributed by atoms with Gasteiger partial charge in [-0.1, -0.05) is 19.3 Å². The predicted molar refractivity (Wildman–Crippen MR) is 127 cm³/mol. The van der Waals surface area contributed by atoms with Crippen molar-refractivity contribution in [1.29, 1.82) is 0 Å². The zero-order valence-corrected chi connectivity index (χ0v) is 21.4. The van der Waals surface area contributed by atoms with Crippen molar-refractivity contribution >= 4 is 22.4 Å². The standard InChI is InChI=1S/C23H34F5N3O2S.ClH/c24-18-19(25)21(27)23(22(28)20(18)26)34(32,33)31-12-8-17(9-13-31)15-30-11-5-4-10-29-14-16-6-2-1-3-7-16;/h16-17,29-30H,1-15H2;1H. The zero-order chi connectivity index (χ0) is 24.7. The van der Waals surface area contributed by atoms with E-state index in [1.165, 1.54) is 32.1 Å². The fourth-order valence-corrected chi connectivity index (χ4v) is 6.38. The lowest BCUT2D eigenvalue weighted by molar-refractivity contribution is 0.264. The molecule has 1 aromatic rings. The summed E-state index contributed by atoms with van der Waals surface area (Å²) in [5.41, 5.74) is 0. The Bertz CT molecular complexity index is 895. The average molecular weight is 548 g/mol. The van der Waals surface area contributed by atoms with Gasteiger partial charge in [-0.3, -0.25) is 0 Å². The number of nitrogens with zero attached hydrogens (tertiary/aromatic N) is 1. The Hall–Kier alpha value is -1.01. The first kappa shape index (κ1) is 30.2. The van der Waals surface area contributed by atoms with E-state index in [2.05, 4.69) is 10.6 Å². The Labute approximate surface area is 210 Å². The second-order valence-electron chi connectivity index (χ2n) is 9.37. The molecule has 1 aliphatic heterocycles. The molecule has 0 spiro atoms. The van der Waals surface area contributed by atoms with Crippen LogP contribution >= 0.6 is 12.4 Å². The number of rotatable bonds is 11. The van der Waals surface area contributed by atoms with Crippen molar-refractivity contribution in [2.45, 2.75) is 62.7 Å². The van der Waals surface area contributed by atoms with Gasteiger partial charge in [0.15, 0.2) is 28.2 Å². The molecule has 1 aromatic carbocycles. The monoisotopic (exact) mass is 547 g/mol. The largest absolute Gasteiger partial charge is 0.316 e. The quantitative estimate of drug-likeness (QED) is 0.182. The first-order valence-corrected chi connectivity index (χ1v) is 13.6. The second kappa shape index (κ2) is 14.1. The lowest BCUT2D eigenvalue weighted by atomic mass is 9.89. The minimum Gasteiger partial charge on any atom is -0.316 e. The van der Waals surface area contributed by atoms with Crippen LogP contribution in [0.1, 0.15) is 57.8 Å². The van der Waals surface area contributed by atoms with E-state index < -0.39 is 44.0 Å². The first-order chi connectivity index (χ1) is 16.2. The van der Waals surface area contributed by atoms with E-state index in [0.29, 0.717) is 19.4 Å². The molecule has 0 amide bonds. The van der Waals surface area contributed by atoms with E-state index in [1.807, 2.05) is 0 Å². The zero-order valence-electron chi connectivity index (χ0n) is 19.7. The summed E-state index contributed by atoms with van der Waals surface area (Å²) < 4.78 is 94.2. The van der Waals surface area contributed by atoms with Gasteiger partial charge < -0.3 is 10.6 Å². The highest BCUT2D eigenvalue weighted by Gasteiger charge is 2.38. The molecule has 3 rings (SSSR count). The van der Waals surface area contributed by atoms with Crippen molar-refractivity contribution in [3.63, 3.8) is 0 Å². The maximum Gasteiger partial charge on any atom is 0.249 e. The van der Waals surface area contributed by atoms with Crippen molar-refractivity contribution in [2.24, 2.45) is 11.8 Å². The Morgan fingerprint density at radius 1 is 0.686 bits per heavy atom. The first-order valence-electron chi connectivity index (χ1n) is 12.2. The molecule has 0 bridgehead atoms. The summed E-state index contributed by atoms with van der Waals surface area (Å²) >= 11 is 0. The molecule has 1 aliphatic carbocycles. The average Bonchev–Trinajstić information content (AvgIpc) is 2.84. The third kappa shape index (κ3) is 7.74. The van der Waals surface area contributed by atoms with E-state index in [4.69, 9.17) is 0 Å². The highest BCUT2D eigenvalue weighted by atomic mass is 35.5. The third-order valence-corrected chi connectivity index (χ3v) is 8.81. The molecule has 1 saturated carbocycles. The number of sulfonamides is 1. The molecule has 5 nitrogen and oxygen atoms in total. The van der Waals surface area contributed by atoms with E-state index in [-0.39, 0.29) is 31.4 Å². The van der Waals surface area contributed by atoms with Crippen LogP contribution in [-0.2, 0) is 10.0 Å². The molecule has 2 aliphatic rings. The summed E-state index contributed by atoms with van der Waals surface area (Å²) in [7, 11) is -4.85. The van der Waals surface area contributed by atoms with Crippen LogP contribution in [0.15, 0.2) is 4.90 Å². The molecule has 2 N–H and O–H groups in total. The van der Waals surface area contributed by atoms with E-state index in [0.717, 1.165) is 42.7 Å². The van der Waals surface area contributed by atoms with Gasteiger partial charge in [-0.15, -0.1) is 12.4 Å². The molecule has 0 radical (unpaired) electrons. The number of benzene rings is 1. The fraction of sp³-hybridized carbons (Fsp3) is 0.739. The van der Waals surface area contributed by atoms with E-state index in [1.54, 1.807) is 0 Å². The molecule has 12 heteroatoms. The molecule has 0 atom stereocenters. The summed E-state index contributed by atoms with van der Waals surface area (Å²) in [5.74, 6) is -10.6. The fourth-order valence-electron chi connectivity index (χ4n) is 4.80. The van der Waals surface area contributed by atoms with Crippen LogP contribution in [0, 0.1) is 40.9 Å². The number of hydrogen-bond donors (Lipinski definition) is 2. The molecule has 2 fully saturated rings. The third-order valence-electron chi connectivity index (χ3n) is 6.89. The van der Waals surface area contributed by atoms with Gasteiger partial charge >= 0.3 is 0 Å². The molecule has 35 heavy (non-hydrogen) atoms. The van der Waals surface area contributed by atoms with Gasteiger partial charge in [0.1, 0.15) is 0 Å². The summed E-state index contributed by atoms with van der Waals surface area (Å²) in [4.78, 5) is -1.78. The van der Waals surface area contributed by atoms with Gasteiger partial charge in [0.25, 0.3) is 0 Å². The normalized spacial score (nSPS) is 18.5. The van der Waals surface area contributed by atoms with Crippen LogP contribution in [0.4, 0.5) is 22.0 Å². The van der Waals surface area contributed by atoms with Gasteiger partial charge in [0.05, 0.1) is 0 Å². The second-order valence-corrected chi connectivity index (χ2v) is 11.2. The number of halogens is 6. The predicted octanol–water partition coefficient (Wildman–Crippen LogP) is 4.74. The van der Waals surface area contributed by atoms with Gasteiger partial charge in [-0.05, 0) is 76.5 Å². The minimum absolute atomic E-state index is 0. The van der Waals surface area contributed by atoms with Crippen molar-refractivity contribution in [1.82, 2.24) is 14.9 Å². The molecule has 0 aromatic heterocycles. The SMILES string of the molecule is Cl.O=S(=O)(c1c(F)c(F)c(F)c(F)c1F)N1CCC(CNCCCCNCC2CCCCC2)CC1. The Balaban J connectivity index is 0.00000432. The summed E-state index contributed by atoms with van der Waals surface area (Å²) in [6.07, 6.45) is 9.67. The van der Waals surface area contributed by atoms with Crippen LogP contribution in [0.5, 0.6) is 0 Å². The Morgan fingerprint density at radius 3 is 1.60 bits per heavy atom. The highest BCUT2D eigenvalue weighted by molar-refractivity contribution is 7.89. The maximum atomic E-state index is 14.0. The Morgan fingerprint density at radius 2 is 1.11 bits per heavy atom. The van der Waals surface area contributed by atoms with Crippen LogP contribution < -0.4 is 10.6 Å². The smallest absolute Gasteiger partial charge is 0.249 e. The van der Waals surface area contributed by atoms with Crippen LogP contribution in [0.25, 0.3) is 0 Å². The van der Waals surface area contributed by atoms with Gasteiger partial charge in [0, 0.05) is 13.1 Å². The molecule has 202 valence electrons.